The van der Waals surface area contributed by atoms with E-state index in [-0.39, 0.29) is 30.1 Å². The van der Waals surface area contributed by atoms with Crippen molar-refractivity contribution in [3.05, 3.63) is 54.2 Å². The lowest BCUT2D eigenvalue weighted by molar-refractivity contribution is -0.121. The topological polar surface area (TPSA) is 141 Å². The molecule has 2 atom stereocenters. The molecule has 0 bridgehead atoms. The van der Waals surface area contributed by atoms with Gasteiger partial charge in [0, 0.05) is 31.4 Å². The van der Waals surface area contributed by atoms with Gasteiger partial charge >= 0.3 is 12.2 Å². The maximum atomic E-state index is 12.6. The minimum atomic E-state index is -0.503. The van der Waals surface area contributed by atoms with Gasteiger partial charge in [0.05, 0.1) is 17.5 Å². The number of carbonyl (C=O) groups excluding carboxylic acids is 3. The summed E-state index contributed by atoms with van der Waals surface area (Å²) in [6.07, 6.45) is 5.57. The molecule has 11 heteroatoms. The second-order valence-electron chi connectivity index (χ2n) is 14.6. The van der Waals surface area contributed by atoms with Gasteiger partial charge in [-0.15, -0.1) is 0 Å². The van der Waals surface area contributed by atoms with Crippen molar-refractivity contribution >= 4 is 46.0 Å². The summed E-state index contributed by atoms with van der Waals surface area (Å²) in [6.45, 7) is 14.0. The fraction of sp³-hybridized carbons (Fsp3) is 0.486. The number of ketones is 1. The number of aromatic nitrogens is 1. The molecule has 11 nitrogen and oxygen atoms in total. The molecule has 4 heterocycles. The zero-order valence-corrected chi connectivity index (χ0v) is 29.0. The number of nitrogen functional groups attached to an aromatic ring is 1. The van der Waals surface area contributed by atoms with E-state index in [0.29, 0.717) is 24.5 Å². The number of rotatable bonds is 4. The van der Waals surface area contributed by atoms with E-state index in [4.69, 9.17) is 24.7 Å². The van der Waals surface area contributed by atoms with E-state index in [9.17, 15) is 14.4 Å². The van der Waals surface area contributed by atoms with Gasteiger partial charge in [-0.05, 0) is 109 Å². The van der Waals surface area contributed by atoms with Crippen LogP contribution in [0.4, 0.5) is 15.4 Å². The molecule has 6 rings (SSSR count). The monoisotopic (exact) mass is 657 g/mol. The van der Waals surface area contributed by atoms with Crippen LogP contribution in [-0.4, -0.2) is 75.0 Å². The third-order valence-electron chi connectivity index (χ3n) is 8.46. The smallest absolute Gasteiger partial charge is 0.410 e. The number of aliphatic imine (C=N–C) groups is 1. The van der Waals surface area contributed by atoms with Crippen molar-refractivity contribution in [2.45, 2.75) is 104 Å². The van der Waals surface area contributed by atoms with E-state index >= 15 is 0 Å². The quantitative estimate of drug-likeness (QED) is 0.302. The van der Waals surface area contributed by atoms with Gasteiger partial charge in [-0.3, -0.25) is 19.6 Å². The van der Waals surface area contributed by atoms with E-state index in [2.05, 4.69) is 29.4 Å². The van der Waals surface area contributed by atoms with Crippen molar-refractivity contribution < 1.29 is 28.4 Å². The summed E-state index contributed by atoms with van der Waals surface area (Å²) in [4.78, 5) is 43.7. The number of benzene rings is 2. The van der Waals surface area contributed by atoms with Crippen molar-refractivity contribution in [3.8, 4) is 11.1 Å². The Bertz CT molecular complexity index is 1730. The Labute approximate surface area is 282 Å². The number of hydrogen-bond donors (Lipinski definition) is 1. The number of likely N-dealkylation sites (tertiary alicyclic amines) is 2. The normalized spacial score (nSPS) is 19.5. The number of nitrogens with zero attached hydrogens (tertiary/aromatic N) is 4. The van der Waals surface area contributed by atoms with Gasteiger partial charge in [-0.1, -0.05) is 35.5 Å². The van der Waals surface area contributed by atoms with Crippen LogP contribution in [0.15, 0.2) is 58.2 Å². The van der Waals surface area contributed by atoms with Gasteiger partial charge < -0.3 is 19.7 Å². The van der Waals surface area contributed by atoms with E-state index in [1.807, 2.05) is 70.8 Å². The van der Waals surface area contributed by atoms with Crippen molar-refractivity contribution in [2.75, 3.05) is 18.8 Å². The van der Waals surface area contributed by atoms with Gasteiger partial charge in [0.25, 0.3) is 0 Å². The lowest BCUT2D eigenvalue weighted by Crippen LogP contribution is -2.43. The molecule has 0 aliphatic carbocycles. The van der Waals surface area contributed by atoms with Gasteiger partial charge in [0.2, 0.25) is 0 Å². The van der Waals surface area contributed by atoms with E-state index in [1.165, 1.54) is 11.8 Å². The van der Waals surface area contributed by atoms with Gasteiger partial charge in [0.15, 0.2) is 17.2 Å². The predicted octanol–water partition coefficient (Wildman–Crippen LogP) is 7.64. The highest BCUT2D eigenvalue weighted by molar-refractivity contribution is 6.03. The Balaban J connectivity index is 0.000000253. The van der Waals surface area contributed by atoms with Crippen molar-refractivity contribution in [1.29, 1.82) is 0 Å². The second-order valence-corrected chi connectivity index (χ2v) is 14.6. The van der Waals surface area contributed by atoms with Gasteiger partial charge in [0.1, 0.15) is 11.2 Å². The Kier molecular flexibility index (Phi) is 9.98. The largest absolute Gasteiger partial charge is 0.444 e. The number of anilines is 1. The number of amides is 2. The fourth-order valence-electron chi connectivity index (χ4n) is 6.22. The van der Waals surface area contributed by atoms with Crippen molar-refractivity contribution in [3.63, 3.8) is 0 Å². The number of carbonyl (C=O) groups is 3. The van der Waals surface area contributed by atoms with Gasteiger partial charge in [-0.25, -0.2) is 9.59 Å². The predicted molar refractivity (Wildman–Crippen MR) is 186 cm³/mol. The first kappa shape index (κ1) is 34.7. The molecule has 3 aliphatic heterocycles. The third kappa shape index (κ3) is 8.24. The summed E-state index contributed by atoms with van der Waals surface area (Å²) in [5.74, 6) is 0.446. The highest BCUT2D eigenvalue weighted by atomic mass is 16.6. The number of hydrogen-bond acceptors (Lipinski definition) is 9. The summed E-state index contributed by atoms with van der Waals surface area (Å²) in [6, 6.07) is 14.0. The number of fused-ring (bicyclic) bond motifs is 1. The standard InChI is InChI=1S/C26H28N4O3.C11H19NO3/c1-26(2,3)32-25(31)30-12-4-5-22(30)21-13-19(15-28-21)17-8-6-16(7-9-17)18-10-11-20-23(14-18)33-29-24(20)27;1-8(13)9-6-5-7-12(9)10(14)15-11(2,3)4/h6-11,14-15,22H,4-5,12-13H2,1-3H3,(H2,27,29);9H,5-7H2,1-4H3/t;9-/m.1/s1. The first-order chi connectivity index (χ1) is 22.6. The molecule has 0 radical (unpaired) electrons. The average molecular weight is 658 g/mol. The highest BCUT2D eigenvalue weighted by Gasteiger charge is 2.37. The molecule has 1 aromatic heterocycles. The Morgan fingerprint density at radius 2 is 1.42 bits per heavy atom. The molecular weight excluding hydrogens is 610 g/mol. The molecule has 0 spiro atoms. The van der Waals surface area contributed by atoms with Crippen LogP contribution in [0.5, 0.6) is 0 Å². The maximum absolute atomic E-state index is 12.6. The van der Waals surface area contributed by atoms with Crippen LogP contribution >= 0.6 is 0 Å². The first-order valence-corrected chi connectivity index (χ1v) is 16.6. The Morgan fingerprint density at radius 3 is 2.06 bits per heavy atom. The van der Waals surface area contributed by atoms with E-state index in [0.717, 1.165) is 65.5 Å². The molecule has 0 saturated carbocycles. The van der Waals surface area contributed by atoms with Crippen molar-refractivity contribution in [2.24, 2.45) is 4.99 Å². The zero-order chi connectivity index (χ0) is 34.8. The molecular formula is C37H47N5O6. The van der Waals surface area contributed by atoms with Gasteiger partial charge in [-0.2, -0.15) is 0 Å². The minimum absolute atomic E-state index is 0.00828. The molecule has 48 heavy (non-hydrogen) atoms. The molecule has 1 unspecified atom stereocenters. The number of nitrogens with two attached hydrogens (primary N) is 1. The molecule has 2 saturated heterocycles. The molecule has 2 N–H and O–H groups in total. The van der Waals surface area contributed by atoms with Crippen LogP contribution in [0.2, 0.25) is 0 Å². The number of allylic oxidation sites excluding steroid dienone is 1. The second kappa shape index (κ2) is 13.8. The SMILES string of the molecule is CC(=O)[C@H]1CCCN1C(=O)OC(C)(C)C.CC(C)(C)OC(=O)N1CCCC1C1=NC=C(c2ccc(-c3ccc4c(N)noc4c3)cc2)C1. The van der Waals surface area contributed by atoms with Crippen LogP contribution in [0.25, 0.3) is 27.7 Å². The first-order valence-electron chi connectivity index (χ1n) is 16.6. The number of ether oxygens (including phenoxy) is 2. The summed E-state index contributed by atoms with van der Waals surface area (Å²) >= 11 is 0. The molecule has 2 amide bonds. The number of Topliss-reactive ketones (excluding diaryl/α,β-unsaturated/α-hetero) is 1. The highest BCUT2D eigenvalue weighted by Crippen LogP contribution is 2.33. The molecule has 256 valence electrons. The van der Waals surface area contributed by atoms with Crippen molar-refractivity contribution in [1.82, 2.24) is 15.0 Å². The molecule has 2 aromatic carbocycles. The van der Waals surface area contributed by atoms with E-state index < -0.39 is 11.2 Å². The third-order valence-corrected chi connectivity index (χ3v) is 8.46. The molecule has 3 aliphatic rings. The molecule has 3 aromatic rings. The summed E-state index contributed by atoms with van der Waals surface area (Å²) in [5, 5.41) is 4.64. The lowest BCUT2D eigenvalue weighted by atomic mass is 9.96. The Morgan fingerprint density at radius 1 is 0.833 bits per heavy atom. The van der Waals surface area contributed by atoms with E-state index in [1.54, 1.807) is 0 Å². The fourth-order valence-corrected chi connectivity index (χ4v) is 6.22. The summed E-state index contributed by atoms with van der Waals surface area (Å²) < 4.78 is 16.1. The van der Waals surface area contributed by atoms with Crippen LogP contribution < -0.4 is 5.73 Å². The van der Waals surface area contributed by atoms with Crippen LogP contribution in [0, 0.1) is 0 Å². The Hall–Kier alpha value is -4.67. The van der Waals surface area contributed by atoms with Crippen LogP contribution in [-0.2, 0) is 14.3 Å². The van der Waals surface area contributed by atoms with Crippen LogP contribution in [0.1, 0.15) is 86.1 Å². The average Bonchev–Trinajstić information content (AvgIpc) is 3.82. The minimum Gasteiger partial charge on any atom is -0.444 e. The summed E-state index contributed by atoms with van der Waals surface area (Å²) in [5.41, 5.74) is 10.9. The zero-order valence-electron chi connectivity index (χ0n) is 29.0. The summed E-state index contributed by atoms with van der Waals surface area (Å²) in [7, 11) is 0. The molecule has 2 fully saturated rings. The maximum Gasteiger partial charge on any atom is 0.410 e. The van der Waals surface area contributed by atoms with Crippen LogP contribution in [0.3, 0.4) is 0 Å². The lowest BCUT2D eigenvalue weighted by Gasteiger charge is -2.28.